The first kappa shape index (κ1) is 25.1. The first-order valence-corrected chi connectivity index (χ1v) is 12.5. The van der Waals surface area contributed by atoms with Crippen molar-refractivity contribution in [2.45, 2.75) is 58.0 Å². The third kappa shape index (κ3) is 5.15. The highest BCUT2D eigenvalue weighted by molar-refractivity contribution is 6.07. The van der Waals surface area contributed by atoms with E-state index in [4.69, 9.17) is 0 Å². The van der Waals surface area contributed by atoms with Crippen LogP contribution in [0.15, 0.2) is 78.9 Å². The molecule has 0 aliphatic carbocycles. The van der Waals surface area contributed by atoms with Gasteiger partial charge < -0.3 is 9.80 Å². The molecule has 2 amide bonds. The standard InChI is InChI=1S/C29H31N3O4/c1-3-4-6-15-28(33)30-21(2)20-27(25-13-9-10-14-26(25)30)31(29(34)22-11-7-5-8-12-22)23-16-18-24(19-17-23)32(35)36/h5,7-14,16-19,21,27H,3-4,6,15,20H2,1-2H3. The Kier molecular flexibility index (Phi) is 7.78. The topological polar surface area (TPSA) is 83.8 Å². The second-order valence-electron chi connectivity index (χ2n) is 9.19. The summed E-state index contributed by atoms with van der Waals surface area (Å²) in [4.78, 5) is 41.5. The van der Waals surface area contributed by atoms with Crippen LogP contribution in [0.4, 0.5) is 17.1 Å². The number of benzene rings is 3. The molecule has 186 valence electrons. The summed E-state index contributed by atoms with van der Waals surface area (Å²) in [6, 6.07) is 22.4. The van der Waals surface area contributed by atoms with Crippen molar-refractivity contribution < 1.29 is 14.5 Å². The normalized spacial score (nSPS) is 16.8. The molecule has 3 aromatic carbocycles. The van der Waals surface area contributed by atoms with Crippen molar-refractivity contribution in [2.75, 3.05) is 9.80 Å². The Labute approximate surface area is 211 Å². The Morgan fingerprint density at radius 2 is 1.64 bits per heavy atom. The summed E-state index contributed by atoms with van der Waals surface area (Å²) in [5.41, 5.74) is 2.77. The van der Waals surface area contributed by atoms with Crippen LogP contribution in [0.5, 0.6) is 0 Å². The van der Waals surface area contributed by atoms with Gasteiger partial charge in [-0.05, 0) is 55.7 Å². The van der Waals surface area contributed by atoms with Crippen molar-refractivity contribution in [3.63, 3.8) is 0 Å². The van der Waals surface area contributed by atoms with Crippen LogP contribution >= 0.6 is 0 Å². The Balaban J connectivity index is 1.78. The highest BCUT2D eigenvalue weighted by atomic mass is 16.6. The zero-order valence-electron chi connectivity index (χ0n) is 20.7. The summed E-state index contributed by atoms with van der Waals surface area (Å²) in [6.45, 7) is 4.13. The molecule has 2 atom stereocenters. The minimum Gasteiger partial charge on any atom is -0.309 e. The first-order valence-electron chi connectivity index (χ1n) is 12.5. The molecule has 1 aliphatic heterocycles. The maximum absolute atomic E-state index is 13.9. The second kappa shape index (κ2) is 11.2. The van der Waals surface area contributed by atoms with Crippen LogP contribution in [0.2, 0.25) is 0 Å². The number of nitro benzene ring substituents is 1. The number of carbonyl (C=O) groups is 2. The second-order valence-corrected chi connectivity index (χ2v) is 9.19. The van der Waals surface area contributed by atoms with Gasteiger partial charge in [-0.15, -0.1) is 0 Å². The molecule has 0 spiro atoms. The molecule has 1 heterocycles. The highest BCUT2D eigenvalue weighted by Gasteiger charge is 2.38. The molecular formula is C29H31N3O4. The predicted octanol–water partition coefficient (Wildman–Crippen LogP) is 6.69. The zero-order valence-corrected chi connectivity index (χ0v) is 20.7. The van der Waals surface area contributed by atoms with Gasteiger partial charge in [0.15, 0.2) is 0 Å². The van der Waals surface area contributed by atoms with E-state index in [9.17, 15) is 19.7 Å². The Morgan fingerprint density at radius 1 is 0.972 bits per heavy atom. The average molecular weight is 486 g/mol. The molecular weight excluding hydrogens is 454 g/mol. The van der Waals surface area contributed by atoms with E-state index in [0.29, 0.717) is 24.1 Å². The van der Waals surface area contributed by atoms with Gasteiger partial charge in [0.05, 0.1) is 11.0 Å². The number of unbranched alkanes of at least 4 members (excludes halogenated alkanes) is 2. The molecule has 2 unspecified atom stereocenters. The van der Waals surface area contributed by atoms with E-state index in [1.807, 2.05) is 54.3 Å². The van der Waals surface area contributed by atoms with Crippen LogP contribution < -0.4 is 9.80 Å². The van der Waals surface area contributed by atoms with E-state index in [2.05, 4.69) is 6.92 Å². The quantitative estimate of drug-likeness (QED) is 0.202. The van der Waals surface area contributed by atoms with Crippen LogP contribution in [-0.4, -0.2) is 22.8 Å². The van der Waals surface area contributed by atoms with E-state index in [-0.39, 0.29) is 29.6 Å². The minimum atomic E-state index is -0.451. The number of nitrogens with zero attached hydrogens (tertiary/aromatic N) is 3. The molecule has 0 N–H and O–H groups in total. The number of hydrogen-bond acceptors (Lipinski definition) is 4. The summed E-state index contributed by atoms with van der Waals surface area (Å²) < 4.78 is 0. The van der Waals surface area contributed by atoms with Gasteiger partial charge in [-0.2, -0.15) is 0 Å². The smallest absolute Gasteiger partial charge is 0.269 e. The molecule has 0 radical (unpaired) electrons. The first-order chi connectivity index (χ1) is 17.4. The van der Waals surface area contributed by atoms with Crippen LogP contribution in [-0.2, 0) is 4.79 Å². The van der Waals surface area contributed by atoms with Gasteiger partial charge in [0.1, 0.15) is 0 Å². The molecule has 1 aliphatic rings. The van der Waals surface area contributed by atoms with Crippen LogP contribution in [0.1, 0.15) is 67.9 Å². The number of amides is 2. The van der Waals surface area contributed by atoms with Crippen LogP contribution in [0.3, 0.4) is 0 Å². The SMILES string of the molecule is CCCCCC(=O)N1c2ccccc2C(N(C(=O)c2ccccc2)c2ccc([N+](=O)[O-])cc2)CC1C. The van der Waals surface area contributed by atoms with E-state index in [1.54, 1.807) is 29.2 Å². The van der Waals surface area contributed by atoms with Gasteiger partial charge >= 0.3 is 0 Å². The molecule has 0 saturated carbocycles. The van der Waals surface area contributed by atoms with Crippen molar-refractivity contribution in [1.82, 2.24) is 0 Å². The van der Waals surface area contributed by atoms with Gasteiger partial charge in [-0.1, -0.05) is 56.2 Å². The summed E-state index contributed by atoms with van der Waals surface area (Å²) in [7, 11) is 0. The van der Waals surface area contributed by atoms with Gasteiger partial charge in [0, 0.05) is 41.5 Å². The van der Waals surface area contributed by atoms with E-state index >= 15 is 0 Å². The van der Waals surface area contributed by atoms with Crippen molar-refractivity contribution in [3.8, 4) is 0 Å². The highest BCUT2D eigenvalue weighted by Crippen LogP contribution is 2.43. The fraction of sp³-hybridized carbons (Fsp3) is 0.310. The van der Waals surface area contributed by atoms with Gasteiger partial charge in [-0.3, -0.25) is 19.7 Å². The number of nitro groups is 1. The van der Waals surface area contributed by atoms with Crippen molar-refractivity contribution in [3.05, 3.63) is 100 Å². The number of rotatable bonds is 8. The number of hydrogen-bond donors (Lipinski definition) is 0. The molecule has 0 aromatic heterocycles. The summed E-state index contributed by atoms with van der Waals surface area (Å²) in [5.74, 6) is -0.0997. The molecule has 0 fully saturated rings. The Morgan fingerprint density at radius 3 is 2.31 bits per heavy atom. The van der Waals surface area contributed by atoms with Crippen molar-refractivity contribution in [1.29, 1.82) is 0 Å². The van der Waals surface area contributed by atoms with E-state index < -0.39 is 4.92 Å². The van der Waals surface area contributed by atoms with Crippen LogP contribution in [0.25, 0.3) is 0 Å². The van der Waals surface area contributed by atoms with Crippen molar-refractivity contribution >= 4 is 28.9 Å². The number of carbonyl (C=O) groups excluding carboxylic acids is 2. The van der Waals surface area contributed by atoms with Crippen molar-refractivity contribution in [2.24, 2.45) is 0 Å². The zero-order chi connectivity index (χ0) is 25.7. The number of non-ortho nitro benzene ring substituents is 1. The molecule has 7 nitrogen and oxygen atoms in total. The third-order valence-electron chi connectivity index (χ3n) is 6.71. The number of para-hydroxylation sites is 1. The number of anilines is 2. The van der Waals surface area contributed by atoms with Gasteiger partial charge in [0.25, 0.3) is 11.6 Å². The lowest BCUT2D eigenvalue weighted by Crippen LogP contribution is -2.47. The molecule has 36 heavy (non-hydrogen) atoms. The molecule has 7 heteroatoms. The largest absolute Gasteiger partial charge is 0.309 e. The Bertz CT molecular complexity index is 1230. The average Bonchev–Trinajstić information content (AvgIpc) is 2.89. The van der Waals surface area contributed by atoms with Gasteiger partial charge in [0.2, 0.25) is 5.91 Å². The lowest BCUT2D eigenvalue weighted by atomic mass is 9.89. The minimum absolute atomic E-state index is 0.0351. The van der Waals surface area contributed by atoms with Crippen LogP contribution in [0, 0.1) is 10.1 Å². The molecule has 0 saturated heterocycles. The maximum atomic E-state index is 13.9. The lowest BCUT2D eigenvalue weighted by Gasteiger charge is -2.43. The summed E-state index contributed by atoms with van der Waals surface area (Å²) >= 11 is 0. The molecule has 4 rings (SSSR count). The fourth-order valence-electron chi connectivity index (χ4n) is 4.95. The summed E-state index contributed by atoms with van der Waals surface area (Å²) in [5, 5.41) is 11.2. The maximum Gasteiger partial charge on any atom is 0.269 e. The third-order valence-corrected chi connectivity index (χ3v) is 6.71. The lowest BCUT2D eigenvalue weighted by molar-refractivity contribution is -0.384. The predicted molar refractivity (Wildman–Crippen MR) is 141 cm³/mol. The van der Waals surface area contributed by atoms with Gasteiger partial charge in [-0.25, -0.2) is 0 Å². The molecule has 3 aromatic rings. The number of fused-ring (bicyclic) bond motifs is 1. The summed E-state index contributed by atoms with van der Waals surface area (Å²) in [6.07, 6.45) is 3.95. The Hall–Kier alpha value is -4.00. The van der Waals surface area contributed by atoms with E-state index in [1.165, 1.54) is 12.1 Å². The fourth-order valence-corrected chi connectivity index (χ4v) is 4.95. The van der Waals surface area contributed by atoms with E-state index in [0.717, 1.165) is 30.5 Å². The molecule has 0 bridgehead atoms. The monoisotopic (exact) mass is 485 g/mol.